The van der Waals surface area contributed by atoms with Crippen molar-refractivity contribution in [2.24, 2.45) is 32.1 Å². The van der Waals surface area contributed by atoms with Crippen LogP contribution >= 0.6 is 11.8 Å². The summed E-state index contributed by atoms with van der Waals surface area (Å²) < 4.78 is 0. The van der Waals surface area contributed by atoms with E-state index in [4.69, 9.17) is 15.3 Å². The van der Waals surface area contributed by atoms with Crippen molar-refractivity contribution in [1.82, 2.24) is 0 Å². The van der Waals surface area contributed by atoms with Gasteiger partial charge in [0, 0.05) is 17.5 Å². The fourth-order valence-corrected chi connectivity index (χ4v) is 8.85. The standard InChI is InChI=1S/C41H39N5O2S/c1-40(2)30-22-23-41(40,3)37(25-30)42-43-39-45(31-18-20-33(47)21-19-31)38(48)36(49-39)24-27-14-16-32(17-15-27)46-35(29-12-8-5-9-13-29)26-34(44-46)28-10-6-4-7-11-28/h4-21,24,30,35,47H,22-23,25-26H2,1-3H3. The molecule has 2 bridgehead atoms. The Morgan fingerprint density at radius 3 is 2.16 bits per heavy atom. The summed E-state index contributed by atoms with van der Waals surface area (Å²) in [6.45, 7) is 7.02. The van der Waals surface area contributed by atoms with Gasteiger partial charge in [-0.2, -0.15) is 10.2 Å². The van der Waals surface area contributed by atoms with Crippen LogP contribution in [0.5, 0.6) is 5.75 Å². The molecule has 3 unspecified atom stereocenters. The Morgan fingerprint density at radius 1 is 0.837 bits per heavy atom. The van der Waals surface area contributed by atoms with Crippen LogP contribution in [-0.2, 0) is 4.79 Å². The topological polar surface area (TPSA) is 80.9 Å². The molecule has 246 valence electrons. The number of fused-ring (bicyclic) bond motifs is 2. The second-order valence-corrected chi connectivity index (χ2v) is 15.2. The molecule has 0 aromatic heterocycles. The second kappa shape index (κ2) is 12.2. The van der Waals surface area contributed by atoms with Crippen molar-refractivity contribution >= 4 is 51.7 Å². The number of nitrogens with zero attached hydrogens (tertiary/aromatic N) is 5. The van der Waals surface area contributed by atoms with Crippen LogP contribution in [0.4, 0.5) is 11.4 Å². The molecule has 8 heteroatoms. The molecule has 1 amide bonds. The van der Waals surface area contributed by atoms with Gasteiger partial charge in [0.25, 0.3) is 5.91 Å². The fourth-order valence-electron chi connectivity index (χ4n) is 7.92. The van der Waals surface area contributed by atoms with E-state index < -0.39 is 0 Å². The molecule has 0 radical (unpaired) electrons. The van der Waals surface area contributed by atoms with Gasteiger partial charge in [-0.05, 0) is 102 Å². The number of anilines is 2. The number of carbonyl (C=O) groups excluding carboxylic acids is 1. The Bertz CT molecular complexity index is 2020. The highest BCUT2D eigenvalue weighted by molar-refractivity contribution is 8.19. The normalized spacial score (nSPS) is 26.8. The predicted molar refractivity (Wildman–Crippen MR) is 201 cm³/mol. The number of hydrogen-bond donors (Lipinski definition) is 1. The Balaban J connectivity index is 1.10. The minimum absolute atomic E-state index is 0.0134. The van der Waals surface area contributed by atoms with Crippen LogP contribution in [0.15, 0.2) is 129 Å². The zero-order valence-electron chi connectivity index (χ0n) is 28.0. The van der Waals surface area contributed by atoms with E-state index in [-0.39, 0.29) is 28.5 Å². The van der Waals surface area contributed by atoms with Gasteiger partial charge in [-0.15, -0.1) is 5.10 Å². The molecule has 1 saturated heterocycles. The van der Waals surface area contributed by atoms with Crippen LogP contribution in [0.2, 0.25) is 0 Å². The fraction of sp³-hybridized carbons (Fsp3) is 0.268. The van der Waals surface area contributed by atoms with Crippen molar-refractivity contribution in [1.29, 1.82) is 0 Å². The number of benzene rings is 4. The number of carbonyl (C=O) groups is 1. The summed E-state index contributed by atoms with van der Waals surface area (Å²) in [5, 5.41) is 27.2. The van der Waals surface area contributed by atoms with Crippen molar-refractivity contribution in [2.75, 3.05) is 9.91 Å². The molecule has 2 aliphatic carbocycles. The number of aromatic hydroxyl groups is 1. The van der Waals surface area contributed by atoms with Gasteiger partial charge < -0.3 is 5.11 Å². The molecular weight excluding hydrogens is 627 g/mol. The number of phenols is 1. The third-order valence-electron chi connectivity index (χ3n) is 11.3. The summed E-state index contributed by atoms with van der Waals surface area (Å²) in [7, 11) is 0. The molecule has 8 rings (SSSR count). The molecule has 2 aliphatic heterocycles. The lowest BCUT2D eigenvalue weighted by atomic mass is 9.70. The van der Waals surface area contributed by atoms with E-state index in [0.29, 0.717) is 21.7 Å². The van der Waals surface area contributed by atoms with Crippen molar-refractivity contribution in [3.8, 4) is 5.75 Å². The minimum atomic E-state index is -0.168. The number of phenolic OH excluding ortho intramolecular Hbond substituents is 1. The molecule has 0 spiro atoms. The van der Waals surface area contributed by atoms with E-state index in [0.717, 1.165) is 47.5 Å². The highest BCUT2D eigenvalue weighted by Gasteiger charge is 2.60. The SMILES string of the molecule is CC12CCC(CC1=NN=C1SC(=Cc3ccc(N4N=C(c5ccccc5)CC4c4ccccc4)cc3)C(=O)N1c1ccc(O)cc1)C2(C)C. The Hall–Kier alpha value is -4.95. The van der Waals surface area contributed by atoms with Crippen LogP contribution < -0.4 is 9.91 Å². The molecule has 4 aliphatic rings. The molecular formula is C41H39N5O2S. The largest absolute Gasteiger partial charge is 0.508 e. The quantitative estimate of drug-likeness (QED) is 0.164. The molecule has 2 saturated carbocycles. The van der Waals surface area contributed by atoms with Crippen LogP contribution in [0.3, 0.4) is 0 Å². The zero-order valence-corrected chi connectivity index (χ0v) is 28.8. The summed E-state index contributed by atoms with van der Waals surface area (Å²) in [4.78, 5) is 16.1. The number of hydrazone groups is 1. The second-order valence-electron chi connectivity index (χ2n) is 14.2. The summed E-state index contributed by atoms with van der Waals surface area (Å²) in [5.41, 5.74) is 7.25. The van der Waals surface area contributed by atoms with Crippen molar-refractivity contribution in [3.63, 3.8) is 0 Å². The van der Waals surface area contributed by atoms with Gasteiger partial charge in [0.1, 0.15) is 5.75 Å². The summed E-state index contributed by atoms with van der Waals surface area (Å²) in [5.74, 6) is 0.585. The van der Waals surface area contributed by atoms with E-state index in [9.17, 15) is 9.90 Å². The molecule has 4 aromatic rings. The minimum Gasteiger partial charge on any atom is -0.508 e. The first-order valence-electron chi connectivity index (χ1n) is 17.0. The predicted octanol–water partition coefficient (Wildman–Crippen LogP) is 9.43. The zero-order chi connectivity index (χ0) is 33.8. The number of thioether (sulfide) groups is 1. The number of amidine groups is 1. The van der Waals surface area contributed by atoms with Crippen LogP contribution in [0.1, 0.15) is 69.2 Å². The first kappa shape index (κ1) is 31.3. The highest BCUT2D eigenvalue weighted by Crippen LogP contribution is 2.64. The van der Waals surface area contributed by atoms with E-state index in [1.807, 2.05) is 42.5 Å². The summed E-state index contributed by atoms with van der Waals surface area (Å²) >= 11 is 1.33. The monoisotopic (exact) mass is 665 g/mol. The number of hydrogen-bond acceptors (Lipinski definition) is 7. The van der Waals surface area contributed by atoms with Gasteiger partial charge >= 0.3 is 0 Å². The Morgan fingerprint density at radius 2 is 1.51 bits per heavy atom. The van der Waals surface area contributed by atoms with Gasteiger partial charge in [-0.1, -0.05) is 93.6 Å². The van der Waals surface area contributed by atoms with E-state index in [1.54, 1.807) is 29.2 Å². The average molecular weight is 666 g/mol. The maximum Gasteiger partial charge on any atom is 0.271 e. The van der Waals surface area contributed by atoms with Crippen molar-refractivity contribution in [3.05, 3.63) is 131 Å². The Kier molecular flexibility index (Phi) is 7.79. The highest BCUT2D eigenvalue weighted by atomic mass is 32.2. The van der Waals surface area contributed by atoms with Gasteiger partial charge in [0.15, 0.2) is 0 Å². The molecule has 1 N–H and O–H groups in total. The first-order valence-corrected chi connectivity index (χ1v) is 17.8. The third kappa shape index (κ3) is 5.48. The molecule has 7 nitrogen and oxygen atoms in total. The summed E-state index contributed by atoms with van der Waals surface area (Å²) in [6, 6.07) is 35.8. The molecule has 4 aromatic carbocycles. The maximum atomic E-state index is 14.0. The first-order chi connectivity index (χ1) is 23.7. The van der Waals surface area contributed by atoms with Crippen LogP contribution in [0.25, 0.3) is 6.08 Å². The third-order valence-corrected chi connectivity index (χ3v) is 12.3. The maximum absolute atomic E-state index is 14.0. The van der Waals surface area contributed by atoms with Gasteiger partial charge in [0.2, 0.25) is 5.17 Å². The molecule has 2 heterocycles. The summed E-state index contributed by atoms with van der Waals surface area (Å²) in [6.07, 6.45) is 6.02. The smallest absolute Gasteiger partial charge is 0.271 e. The van der Waals surface area contributed by atoms with Crippen LogP contribution in [0, 0.1) is 16.7 Å². The number of amides is 1. The van der Waals surface area contributed by atoms with E-state index in [1.165, 1.54) is 23.7 Å². The van der Waals surface area contributed by atoms with Gasteiger partial charge in [-0.25, -0.2) is 0 Å². The van der Waals surface area contributed by atoms with E-state index in [2.05, 4.69) is 74.3 Å². The lowest BCUT2D eigenvalue weighted by Crippen LogP contribution is -2.32. The molecule has 49 heavy (non-hydrogen) atoms. The van der Waals surface area contributed by atoms with Crippen molar-refractivity contribution in [2.45, 2.75) is 52.5 Å². The van der Waals surface area contributed by atoms with Crippen molar-refractivity contribution < 1.29 is 9.90 Å². The lowest BCUT2D eigenvalue weighted by Gasteiger charge is -2.34. The average Bonchev–Trinajstić information content (AvgIpc) is 3.81. The van der Waals surface area contributed by atoms with Gasteiger partial charge in [-0.3, -0.25) is 14.7 Å². The molecule has 3 fully saturated rings. The number of rotatable bonds is 6. The van der Waals surface area contributed by atoms with Gasteiger partial charge in [0.05, 0.1) is 28.0 Å². The molecule has 3 atom stereocenters. The van der Waals surface area contributed by atoms with Crippen LogP contribution in [-0.4, -0.2) is 27.6 Å². The lowest BCUT2D eigenvalue weighted by molar-refractivity contribution is -0.113. The van der Waals surface area contributed by atoms with E-state index >= 15 is 0 Å². The Labute approximate surface area is 291 Å².